The van der Waals surface area contributed by atoms with Crippen molar-refractivity contribution in [1.29, 1.82) is 0 Å². The average Bonchev–Trinajstić information content (AvgIpc) is 3.09. The molecule has 0 aliphatic carbocycles. The van der Waals surface area contributed by atoms with Gasteiger partial charge in [-0.15, -0.1) is 0 Å². The first-order chi connectivity index (χ1) is 10.7. The lowest BCUT2D eigenvalue weighted by Crippen LogP contribution is -2.44. The molecule has 2 aliphatic heterocycles. The molecule has 2 aliphatic rings. The SMILES string of the molecule is O=C(c1ccccc1[N+](=O)[O-])N1CCC[C@@H](C2OCCO2)C1. The minimum atomic E-state index is -0.516. The Hall–Kier alpha value is -1.99. The minimum Gasteiger partial charge on any atom is -0.350 e. The number of carbonyl (C=O) groups excluding carboxylic acids is 1. The fraction of sp³-hybridized carbons (Fsp3) is 0.533. The highest BCUT2D eigenvalue weighted by molar-refractivity contribution is 5.98. The molecule has 0 unspecified atom stereocenters. The molecule has 1 aromatic rings. The molecule has 0 spiro atoms. The van der Waals surface area contributed by atoms with Crippen molar-refractivity contribution in [2.24, 2.45) is 5.92 Å². The van der Waals surface area contributed by atoms with E-state index in [4.69, 9.17) is 9.47 Å². The number of para-hydroxylation sites is 1. The zero-order valence-corrected chi connectivity index (χ0v) is 12.1. The summed E-state index contributed by atoms with van der Waals surface area (Å²) in [4.78, 5) is 24.9. The van der Waals surface area contributed by atoms with Crippen LogP contribution in [-0.4, -0.2) is 48.3 Å². The van der Waals surface area contributed by atoms with Crippen LogP contribution >= 0.6 is 0 Å². The van der Waals surface area contributed by atoms with Crippen LogP contribution in [0.15, 0.2) is 24.3 Å². The number of likely N-dealkylation sites (tertiary alicyclic amines) is 1. The summed E-state index contributed by atoms with van der Waals surface area (Å²) in [6, 6.07) is 6.07. The predicted molar refractivity (Wildman–Crippen MR) is 77.4 cm³/mol. The van der Waals surface area contributed by atoms with Gasteiger partial charge in [0.15, 0.2) is 6.29 Å². The maximum atomic E-state index is 12.6. The second-order valence-electron chi connectivity index (χ2n) is 5.54. The van der Waals surface area contributed by atoms with Crippen molar-refractivity contribution in [3.8, 4) is 0 Å². The molecule has 0 aromatic heterocycles. The number of nitrogens with zero attached hydrogens (tertiary/aromatic N) is 2. The van der Waals surface area contributed by atoms with Crippen LogP contribution in [0.3, 0.4) is 0 Å². The molecule has 0 radical (unpaired) electrons. The molecule has 7 heteroatoms. The van der Waals surface area contributed by atoms with Gasteiger partial charge in [-0.05, 0) is 18.9 Å². The van der Waals surface area contributed by atoms with Gasteiger partial charge in [0.1, 0.15) is 5.56 Å². The van der Waals surface area contributed by atoms with E-state index in [0.717, 1.165) is 12.8 Å². The highest BCUT2D eigenvalue weighted by Crippen LogP contribution is 2.27. The van der Waals surface area contributed by atoms with Crippen molar-refractivity contribution < 1.29 is 19.2 Å². The maximum Gasteiger partial charge on any atom is 0.282 e. The van der Waals surface area contributed by atoms with Crippen LogP contribution in [0.5, 0.6) is 0 Å². The molecular formula is C15H18N2O5. The van der Waals surface area contributed by atoms with Gasteiger partial charge >= 0.3 is 0 Å². The Morgan fingerprint density at radius 3 is 2.73 bits per heavy atom. The first-order valence-corrected chi connectivity index (χ1v) is 7.42. The Balaban J connectivity index is 1.75. The lowest BCUT2D eigenvalue weighted by Gasteiger charge is -2.34. The number of nitro groups is 1. The summed E-state index contributed by atoms with van der Waals surface area (Å²) < 4.78 is 11.0. The van der Waals surface area contributed by atoms with Crippen molar-refractivity contribution in [3.63, 3.8) is 0 Å². The van der Waals surface area contributed by atoms with E-state index in [9.17, 15) is 14.9 Å². The van der Waals surface area contributed by atoms with Gasteiger partial charge in [0.2, 0.25) is 0 Å². The fourth-order valence-electron chi connectivity index (χ4n) is 3.05. The molecule has 3 rings (SSSR count). The van der Waals surface area contributed by atoms with Crippen molar-refractivity contribution in [2.75, 3.05) is 26.3 Å². The number of carbonyl (C=O) groups is 1. The molecule has 2 fully saturated rings. The highest BCUT2D eigenvalue weighted by atomic mass is 16.7. The number of hydrogen-bond acceptors (Lipinski definition) is 5. The minimum absolute atomic E-state index is 0.128. The molecule has 2 saturated heterocycles. The average molecular weight is 306 g/mol. The van der Waals surface area contributed by atoms with Crippen molar-refractivity contribution in [2.45, 2.75) is 19.1 Å². The summed E-state index contributed by atoms with van der Waals surface area (Å²) in [5, 5.41) is 11.1. The summed E-state index contributed by atoms with van der Waals surface area (Å²) in [5.74, 6) is -0.169. The molecule has 1 amide bonds. The van der Waals surface area contributed by atoms with E-state index in [-0.39, 0.29) is 29.4 Å². The van der Waals surface area contributed by atoms with Gasteiger partial charge in [-0.2, -0.15) is 0 Å². The molecule has 2 heterocycles. The van der Waals surface area contributed by atoms with Gasteiger partial charge in [-0.3, -0.25) is 14.9 Å². The van der Waals surface area contributed by atoms with E-state index < -0.39 is 4.92 Å². The topological polar surface area (TPSA) is 81.9 Å². The zero-order valence-electron chi connectivity index (χ0n) is 12.1. The number of rotatable bonds is 3. The van der Waals surface area contributed by atoms with Crippen LogP contribution in [0.2, 0.25) is 0 Å². The quantitative estimate of drug-likeness (QED) is 0.628. The molecule has 22 heavy (non-hydrogen) atoms. The number of hydrogen-bond donors (Lipinski definition) is 0. The normalized spacial score (nSPS) is 22.7. The summed E-state index contributed by atoms with van der Waals surface area (Å²) in [7, 11) is 0. The van der Waals surface area contributed by atoms with Gasteiger partial charge in [-0.25, -0.2) is 0 Å². The first kappa shape index (κ1) is 14.9. The summed E-state index contributed by atoms with van der Waals surface area (Å²) in [6.45, 7) is 2.28. The van der Waals surface area contributed by atoms with Gasteiger partial charge in [-0.1, -0.05) is 12.1 Å². The molecule has 118 valence electrons. The first-order valence-electron chi connectivity index (χ1n) is 7.42. The molecule has 0 bridgehead atoms. The number of amides is 1. The third-order valence-corrected chi connectivity index (χ3v) is 4.11. The lowest BCUT2D eigenvalue weighted by molar-refractivity contribution is -0.385. The number of benzene rings is 1. The Morgan fingerprint density at radius 1 is 1.27 bits per heavy atom. The van der Waals surface area contributed by atoms with Crippen LogP contribution in [0.1, 0.15) is 23.2 Å². The Kier molecular flexibility index (Phi) is 4.35. The van der Waals surface area contributed by atoms with Crippen LogP contribution in [-0.2, 0) is 9.47 Å². The van der Waals surface area contributed by atoms with Crippen LogP contribution in [0.25, 0.3) is 0 Å². The van der Waals surface area contributed by atoms with Gasteiger partial charge < -0.3 is 14.4 Å². The monoisotopic (exact) mass is 306 g/mol. The Bertz CT molecular complexity index is 571. The third kappa shape index (κ3) is 2.95. The van der Waals surface area contributed by atoms with Crippen LogP contribution in [0, 0.1) is 16.0 Å². The van der Waals surface area contributed by atoms with Gasteiger partial charge in [0.25, 0.3) is 11.6 Å². The maximum absolute atomic E-state index is 12.6. The van der Waals surface area contributed by atoms with Crippen molar-refractivity contribution >= 4 is 11.6 Å². The number of piperidine rings is 1. The van der Waals surface area contributed by atoms with Crippen LogP contribution in [0.4, 0.5) is 5.69 Å². The smallest absolute Gasteiger partial charge is 0.282 e. The fourth-order valence-corrected chi connectivity index (χ4v) is 3.05. The van der Waals surface area contributed by atoms with E-state index in [1.165, 1.54) is 12.1 Å². The largest absolute Gasteiger partial charge is 0.350 e. The number of nitro benzene ring substituents is 1. The summed E-state index contributed by atoms with van der Waals surface area (Å²) >= 11 is 0. The number of ether oxygens (including phenoxy) is 2. The summed E-state index contributed by atoms with van der Waals surface area (Å²) in [5.41, 5.74) is -0.00982. The van der Waals surface area contributed by atoms with Crippen LogP contribution < -0.4 is 0 Å². The molecule has 1 aromatic carbocycles. The second-order valence-corrected chi connectivity index (χ2v) is 5.54. The van der Waals surface area contributed by atoms with E-state index >= 15 is 0 Å². The summed E-state index contributed by atoms with van der Waals surface area (Å²) in [6.07, 6.45) is 1.52. The molecule has 0 N–H and O–H groups in total. The van der Waals surface area contributed by atoms with E-state index in [1.54, 1.807) is 17.0 Å². The molecule has 7 nitrogen and oxygen atoms in total. The standard InChI is InChI=1S/C15H18N2O5/c18-14(12-5-1-2-6-13(12)17(19)20)16-7-3-4-11(10-16)15-21-8-9-22-15/h1-2,5-6,11,15H,3-4,7-10H2/t11-/m1/s1. The van der Waals surface area contributed by atoms with Crippen molar-refractivity contribution in [3.05, 3.63) is 39.9 Å². The van der Waals surface area contributed by atoms with E-state index in [0.29, 0.717) is 26.3 Å². The van der Waals surface area contributed by atoms with Gasteiger partial charge in [0.05, 0.1) is 18.1 Å². The highest BCUT2D eigenvalue weighted by Gasteiger charge is 2.34. The van der Waals surface area contributed by atoms with E-state index in [2.05, 4.69) is 0 Å². The molecular weight excluding hydrogens is 288 g/mol. The van der Waals surface area contributed by atoms with E-state index in [1.807, 2.05) is 0 Å². The molecule has 1 atom stereocenters. The Labute approximate surface area is 128 Å². The third-order valence-electron chi connectivity index (χ3n) is 4.11. The zero-order chi connectivity index (χ0) is 15.5. The Morgan fingerprint density at radius 2 is 2.00 bits per heavy atom. The lowest BCUT2D eigenvalue weighted by atomic mass is 9.96. The van der Waals surface area contributed by atoms with Crippen molar-refractivity contribution in [1.82, 2.24) is 4.90 Å². The molecule has 0 saturated carbocycles. The predicted octanol–water partition coefficient (Wildman–Crippen LogP) is 1.82. The second kappa shape index (κ2) is 6.41. The van der Waals surface area contributed by atoms with Gasteiger partial charge in [0, 0.05) is 25.1 Å².